The van der Waals surface area contributed by atoms with E-state index in [0.717, 1.165) is 23.7 Å². The zero-order valence-electron chi connectivity index (χ0n) is 12.2. The Bertz CT molecular complexity index is 550. The number of hydrogen-bond acceptors (Lipinski definition) is 3. The van der Waals surface area contributed by atoms with Gasteiger partial charge in [0.05, 0.1) is 7.11 Å². The van der Waals surface area contributed by atoms with E-state index in [1.165, 1.54) is 5.56 Å². The van der Waals surface area contributed by atoms with Gasteiger partial charge in [0.25, 0.3) is 0 Å². The maximum absolute atomic E-state index is 5.93. The van der Waals surface area contributed by atoms with Crippen LogP contribution in [0.1, 0.15) is 24.9 Å². The summed E-state index contributed by atoms with van der Waals surface area (Å²) >= 11 is 0. The Morgan fingerprint density at radius 1 is 1.05 bits per heavy atom. The van der Waals surface area contributed by atoms with Crippen molar-refractivity contribution in [1.29, 1.82) is 0 Å². The molecule has 0 spiro atoms. The van der Waals surface area contributed by atoms with Crippen molar-refractivity contribution in [1.82, 2.24) is 5.32 Å². The molecule has 1 atom stereocenters. The summed E-state index contributed by atoms with van der Waals surface area (Å²) in [5, 5.41) is 3.30. The number of methoxy groups -OCH3 is 1. The van der Waals surface area contributed by atoms with E-state index in [4.69, 9.17) is 9.47 Å². The predicted molar refractivity (Wildman–Crippen MR) is 81.6 cm³/mol. The lowest BCUT2D eigenvalue weighted by Crippen LogP contribution is -2.14. The lowest BCUT2D eigenvalue weighted by Gasteiger charge is -2.16. The van der Waals surface area contributed by atoms with Crippen molar-refractivity contribution < 1.29 is 9.47 Å². The van der Waals surface area contributed by atoms with Crippen molar-refractivity contribution in [3.8, 4) is 17.2 Å². The van der Waals surface area contributed by atoms with Crippen LogP contribution < -0.4 is 14.8 Å². The summed E-state index contributed by atoms with van der Waals surface area (Å²) in [4.78, 5) is 0. The van der Waals surface area contributed by atoms with Crippen LogP contribution in [0.25, 0.3) is 0 Å². The van der Waals surface area contributed by atoms with Gasteiger partial charge in [-0.25, -0.2) is 0 Å². The molecule has 0 aromatic heterocycles. The zero-order chi connectivity index (χ0) is 14.4. The third-order valence-electron chi connectivity index (χ3n) is 3.31. The van der Waals surface area contributed by atoms with E-state index in [0.29, 0.717) is 6.04 Å². The first-order valence-corrected chi connectivity index (χ1v) is 6.86. The highest BCUT2D eigenvalue weighted by atomic mass is 16.5. The monoisotopic (exact) mass is 271 g/mol. The van der Waals surface area contributed by atoms with Crippen LogP contribution in [-0.4, -0.2) is 14.2 Å². The van der Waals surface area contributed by atoms with Gasteiger partial charge in [0.15, 0.2) is 11.5 Å². The van der Waals surface area contributed by atoms with Crippen LogP contribution >= 0.6 is 0 Å². The van der Waals surface area contributed by atoms with Gasteiger partial charge < -0.3 is 14.8 Å². The number of benzene rings is 2. The van der Waals surface area contributed by atoms with Gasteiger partial charge in [-0.2, -0.15) is 0 Å². The third kappa shape index (κ3) is 3.31. The summed E-state index contributed by atoms with van der Waals surface area (Å²) in [6.07, 6.45) is 1.04. The Morgan fingerprint density at radius 3 is 2.45 bits per heavy atom. The van der Waals surface area contributed by atoms with Crippen LogP contribution in [0.5, 0.6) is 17.2 Å². The summed E-state index contributed by atoms with van der Waals surface area (Å²) in [6.45, 7) is 2.16. The molecule has 0 aliphatic rings. The highest BCUT2D eigenvalue weighted by Crippen LogP contribution is 2.32. The van der Waals surface area contributed by atoms with Crippen LogP contribution in [0.15, 0.2) is 48.5 Å². The minimum Gasteiger partial charge on any atom is -0.493 e. The zero-order valence-corrected chi connectivity index (χ0v) is 12.2. The second kappa shape index (κ2) is 6.96. The van der Waals surface area contributed by atoms with Crippen LogP contribution in [0, 0.1) is 0 Å². The van der Waals surface area contributed by atoms with Crippen LogP contribution in [-0.2, 0) is 0 Å². The van der Waals surface area contributed by atoms with Gasteiger partial charge in [-0.3, -0.25) is 0 Å². The minimum absolute atomic E-state index is 0.344. The predicted octanol–water partition coefficient (Wildman–Crippen LogP) is 4.16. The smallest absolute Gasteiger partial charge is 0.169 e. The van der Waals surface area contributed by atoms with Gasteiger partial charge in [-0.05, 0) is 43.3 Å². The quantitative estimate of drug-likeness (QED) is 0.855. The number of ether oxygens (including phenoxy) is 2. The first-order valence-electron chi connectivity index (χ1n) is 6.86. The summed E-state index contributed by atoms with van der Waals surface area (Å²) in [6, 6.07) is 16.1. The molecule has 1 unspecified atom stereocenters. The molecule has 2 rings (SSSR count). The Morgan fingerprint density at radius 2 is 1.80 bits per heavy atom. The molecule has 106 valence electrons. The molecule has 3 heteroatoms. The fraction of sp³-hybridized carbons (Fsp3) is 0.294. The molecular weight excluding hydrogens is 250 g/mol. The fourth-order valence-electron chi connectivity index (χ4n) is 2.23. The first kappa shape index (κ1) is 14.4. The lowest BCUT2D eigenvalue weighted by molar-refractivity contribution is 0.378. The number of nitrogens with one attached hydrogen (secondary N) is 1. The summed E-state index contributed by atoms with van der Waals surface area (Å²) < 4.78 is 11.2. The van der Waals surface area contributed by atoms with E-state index in [2.05, 4.69) is 24.4 Å². The van der Waals surface area contributed by atoms with Crippen LogP contribution in [0.2, 0.25) is 0 Å². The van der Waals surface area contributed by atoms with Crippen molar-refractivity contribution in [3.05, 3.63) is 54.1 Å². The van der Waals surface area contributed by atoms with E-state index < -0.39 is 0 Å². The van der Waals surface area contributed by atoms with Crippen molar-refractivity contribution in [2.75, 3.05) is 14.2 Å². The molecule has 20 heavy (non-hydrogen) atoms. The van der Waals surface area contributed by atoms with Gasteiger partial charge in [0, 0.05) is 6.04 Å². The van der Waals surface area contributed by atoms with Crippen molar-refractivity contribution in [2.24, 2.45) is 0 Å². The number of hydrogen-bond donors (Lipinski definition) is 1. The van der Waals surface area contributed by atoms with E-state index >= 15 is 0 Å². The summed E-state index contributed by atoms with van der Waals surface area (Å²) in [5.74, 6) is 2.28. The molecule has 0 amide bonds. The maximum atomic E-state index is 5.93. The third-order valence-corrected chi connectivity index (χ3v) is 3.31. The summed E-state index contributed by atoms with van der Waals surface area (Å²) in [5.41, 5.74) is 1.22. The molecule has 0 fully saturated rings. The molecule has 0 aliphatic carbocycles. The van der Waals surface area contributed by atoms with Gasteiger partial charge >= 0.3 is 0 Å². The average Bonchev–Trinajstić information content (AvgIpc) is 2.49. The van der Waals surface area contributed by atoms with Crippen LogP contribution in [0.4, 0.5) is 0 Å². The Labute approximate surface area is 120 Å². The van der Waals surface area contributed by atoms with E-state index in [1.807, 2.05) is 43.4 Å². The maximum Gasteiger partial charge on any atom is 0.169 e. The van der Waals surface area contributed by atoms with Crippen molar-refractivity contribution >= 4 is 0 Å². The van der Waals surface area contributed by atoms with Crippen molar-refractivity contribution in [3.63, 3.8) is 0 Å². The molecule has 0 saturated carbocycles. The van der Waals surface area contributed by atoms with E-state index in [-0.39, 0.29) is 0 Å². The highest BCUT2D eigenvalue weighted by molar-refractivity contribution is 5.43. The SMILES string of the molecule is CCC(NC)c1cccc(Oc2ccccc2OC)c1. The molecule has 0 bridgehead atoms. The molecular formula is C17H21NO2. The van der Waals surface area contributed by atoms with E-state index in [9.17, 15) is 0 Å². The molecule has 1 N–H and O–H groups in total. The highest BCUT2D eigenvalue weighted by Gasteiger charge is 2.09. The average molecular weight is 271 g/mol. The molecule has 3 nitrogen and oxygen atoms in total. The number of para-hydroxylation sites is 2. The van der Waals surface area contributed by atoms with Gasteiger partial charge in [0.2, 0.25) is 0 Å². The molecule has 2 aromatic rings. The second-order valence-corrected chi connectivity index (χ2v) is 4.57. The Balaban J connectivity index is 2.23. The van der Waals surface area contributed by atoms with Gasteiger partial charge in [-0.1, -0.05) is 31.2 Å². The van der Waals surface area contributed by atoms with E-state index in [1.54, 1.807) is 7.11 Å². The van der Waals surface area contributed by atoms with Gasteiger partial charge in [0.1, 0.15) is 5.75 Å². The minimum atomic E-state index is 0.344. The fourth-order valence-corrected chi connectivity index (χ4v) is 2.23. The lowest BCUT2D eigenvalue weighted by atomic mass is 10.0. The van der Waals surface area contributed by atoms with Gasteiger partial charge in [-0.15, -0.1) is 0 Å². The Kier molecular flexibility index (Phi) is 5.02. The standard InChI is InChI=1S/C17H21NO2/c1-4-15(18-2)13-8-7-9-14(12-13)20-17-11-6-5-10-16(17)19-3/h5-12,15,18H,4H2,1-3H3. The van der Waals surface area contributed by atoms with Crippen LogP contribution in [0.3, 0.4) is 0 Å². The molecule has 0 radical (unpaired) electrons. The Hall–Kier alpha value is -2.00. The molecule has 0 saturated heterocycles. The second-order valence-electron chi connectivity index (χ2n) is 4.57. The first-order chi connectivity index (χ1) is 9.78. The normalized spacial score (nSPS) is 11.9. The molecule has 0 heterocycles. The summed E-state index contributed by atoms with van der Waals surface area (Å²) in [7, 11) is 3.62. The topological polar surface area (TPSA) is 30.5 Å². The molecule has 2 aromatic carbocycles. The number of rotatable bonds is 6. The largest absolute Gasteiger partial charge is 0.493 e. The molecule has 0 aliphatic heterocycles. The van der Waals surface area contributed by atoms with Crippen molar-refractivity contribution in [2.45, 2.75) is 19.4 Å².